The number of nitrogens with zero attached hydrogens (tertiary/aromatic N) is 2. The number of aryl methyl sites for hydroxylation is 1. The summed E-state index contributed by atoms with van der Waals surface area (Å²) in [5.41, 5.74) is 0.446. The van der Waals surface area contributed by atoms with E-state index >= 15 is 0 Å². The van der Waals surface area contributed by atoms with Gasteiger partial charge < -0.3 is 0 Å². The first kappa shape index (κ1) is 13.6. The Balaban J connectivity index is 2.23. The van der Waals surface area contributed by atoms with Gasteiger partial charge >= 0.3 is 5.69 Å². The Morgan fingerprint density at radius 1 is 1.40 bits per heavy atom. The van der Waals surface area contributed by atoms with E-state index in [0.29, 0.717) is 10.7 Å². The Labute approximate surface area is 124 Å². The van der Waals surface area contributed by atoms with Gasteiger partial charge in [0.15, 0.2) is 0 Å². The van der Waals surface area contributed by atoms with Crippen molar-refractivity contribution in [1.82, 2.24) is 14.5 Å². The number of rotatable bonds is 2. The highest BCUT2D eigenvalue weighted by molar-refractivity contribution is 7.12. The fraction of sp³-hybridized carbons (Fsp3) is 0.462. The van der Waals surface area contributed by atoms with Gasteiger partial charge in [-0.3, -0.25) is 9.78 Å². The van der Waals surface area contributed by atoms with Crippen LogP contribution in [-0.2, 0) is 0 Å². The van der Waals surface area contributed by atoms with Gasteiger partial charge in [0.25, 0.3) is 5.56 Å². The van der Waals surface area contributed by atoms with E-state index < -0.39 is 5.69 Å². The summed E-state index contributed by atoms with van der Waals surface area (Å²) in [6.07, 6.45) is 4.07. The van der Waals surface area contributed by atoms with Crippen molar-refractivity contribution in [2.75, 3.05) is 0 Å². The van der Waals surface area contributed by atoms with Crippen LogP contribution in [0.25, 0.3) is 5.13 Å². The van der Waals surface area contributed by atoms with Crippen LogP contribution < -0.4 is 11.2 Å². The quantitative estimate of drug-likeness (QED) is 0.867. The fourth-order valence-corrected chi connectivity index (χ4v) is 3.82. The minimum atomic E-state index is -0.531. The molecule has 106 valence electrons. The third-order valence-electron chi connectivity index (χ3n) is 3.65. The van der Waals surface area contributed by atoms with Gasteiger partial charge in [-0.25, -0.2) is 14.3 Å². The first-order valence-corrected chi connectivity index (χ1v) is 7.81. The third-order valence-corrected chi connectivity index (χ3v) is 4.89. The van der Waals surface area contributed by atoms with Crippen LogP contribution in [-0.4, -0.2) is 14.5 Å². The summed E-state index contributed by atoms with van der Waals surface area (Å²) in [4.78, 5) is 31.5. The average molecular weight is 312 g/mol. The average Bonchev–Trinajstić information content (AvgIpc) is 3.01. The zero-order chi connectivity index (χ0) is 14.3. The fourth-order valence-electron chi connectivity index (χ4n) is 2.71. The van der Waals surface area contributed by atoms with Crippen molar-refractivity contribution in [2.45, 2.75) is 38.5 Å². The van der Waals surface area contributed by atoms with E-state index in [1.807, 2.05) is 12.3 Å². The van der Waals surface area contributed by atoms with E-state index in [9.17, 15) is 9.59 Å². The van der Waals surface area contributed by atoms with E-state index in [0.717, 1.165) is 35.9 Å². The lowest BCUT2D eigenvalue weighted by molar-refractivity contribution is 0.688. The first-order valence-electron chi connectivity index (χ1n) is 6.55. The smallest absolute Gasteiger partial charge is 0.297 e. The number of nitrogens with one attached hydrogen (secondary N) is 1. The number of thiazole rings is 1. The number of hydrogen-bond acceptors (Lipinski definition) is 4. The van der Waals surface area contributed by atoms with E-state index in [1.165, 1.54) is 11.3 Å². The summed E-state index contributed by atoms with van der Waals surface area (Å²) >= 11 is 7.37. The Bertz CT molecular complexity index is 756. The molecule has 2 aromatic heterocycles. The second kappa shape index (κ2) is 5.18. The minimum absolute atomic E-state index is 0.138. The maximum absolute atomic E-state index is 12.6. The van der Waals surface area contributed by atoms with Crippen molar-refractivity contribution in [3.05, 3.63) is 42.6 Å². The Hall–Kier alpha value is -1.40. The zero-order valence-corrected chi connectivity index (χ0v) is 12.6. The lowest BCUT2D eigenvalue weighted by atomic mass is 10.0. The highest BCUT2D eigenvalue weighted by Crippen LogP contribution is 2.34. The largest absolute Gasteiger partial charge is 0.336 e. The van der Waals surface area contributed by atoms with Gasteiger partial charge in [0, 0.05) is 5.38 Å². The Morgan fingerprint density at radius 2 is 2.10 bits per heavy atom. The van der Waals surface area contributed by atoms with Crippen LogP contribution in [0.1, 0.15) is 42.9 Å². The minimum Gasteiger partial charge on any atom is -0.297 e. The van der Waals surface area contributed by atoms with Crippen LogP contribution in [0.4, 0.5) is 0 Å². The Morgan fingerprint density at radius 3 is 2.70 bits per heavy atom. The Kier molecular flexibility index (Phi) is 3.52. The second-order valence-corrected chi connectivity index (χ2v) is 6.27. The normalized spacial score (nSPS) is 15.9. The second-order valence-electron chi connectivity index (χ2n) is 5.05. The maximum Gasteiger partial charge on any atom is 0.336 e. The molecule has 20 heavy (non-hydrogen) atoms. The van der Waals surface area contributed by atoms with E-state index in [2.05, 4.69) is 9.97 Å². The molecule has 2 heterocycles. The molecule has 1 N–H and O–H groups in total. The molecular weight excluding hydrogens is 298 g/mol. The molecule has 0 aliphatic heterocycles. The molecule has 0 aromatic carbocycles. The molecule has 0 amide bonds. The topological polar surface area (TPSA) is 67.8 Å². The summed E-state index contributed by atoms with van der Waals surface area (Å²) in [6.45, 7) is 1.83. The standard InChI is InChI=1S/C13H14ClN3O2S/c1-7-6-20-13(15-7)17-11(18)9(8-4-2-3-5-8)10(14)16-12(17)19/h6,8H,2-5H2,1H3,(H,16,19). The molecule has 2 aromatic rings. The molecule has 1 fully saturated rings. The monoisotopic (exact) mass is 311 g/mol. The molecule has 1 saturated carbocycles. The molecule has 0 spiro atoms. The first-order chi connectivity index (χ1) is 9.58. The molecular formula is C13H14ClN3O2S. The van der Waals surface area contributed by atoms with E-state index in [4.69, 9.17) is 11.6 Å². The molecule has 1 aliphatic rings. The van der Waals surface area contributed by atoms with Gasteiger partial charge in [-0.1, -0.05) is 24.4 Å². The summed E-state index contributed by atoms with van der Waals surface area (Å²) in [5.74, 6) is 0.138. The highest BCUT2D eigenvalue weighted by atomic mass is 35.5. The molecule has 0 unspecified atom stereocenters. The number of H-pyrrole nitrogens is 1. The van der Waals surface area contributed by atoms with Crippen molar-refractivity contribution < 1.29 is 0 Å². The molecule has 0 atom stereocenters. The van der Waals surface area contributed by atoms with Crippen molar-refractivity contribution >= 4 is 22.9 Å². The third kappa shape index (κ3) is 2.23. The summed E-state index contributed by atoms with van der Waals surface area (Å²) in [7, 11) is 0. The summed E-state index contributed by atoms with van der Waals surface area (Å²) in [6, 6.07) is 0. The zero-order valence-electron chi connectivity index (χ0n) is 11.0. The molecule has 7 heteroatoms. The molecule has 3 rings (SSSR count). The van der Waals surface area contributed by atoms with Crippen LogP contribution in [0.2, 0.25) is 5.15 Å². The molecule has 0 bridgehead atoms. The van der Waals surface area contributed by atoms with E-state index in [1.54, 1.807) is 0 Å². The molecule has 1 aliphatic carbocycles. The maximum atomic E-state index is 12.6. The van der Waals surface area contributed by atoms with Gasteiger partial charge in [-0.05, 0) is 25.7 Å². The highest BCUT2D eigenvalue weighted by Gasteiger charge is 2.25. The van der Waals surface area contributed by atoms with Crippen LogP contribution in [0.15, 0.2) is 15.0 Å². The number of hydrogen-bond donors (Lipinski definition) is 1. The van der Waals surface area contributed by atoms with Crippen molar-refractivity contribution in [3.63, 3.8) is 0 Å². The lowest BCUT2D eigenvalue weighted by Gasteiger charge is -2.12. The molecule has 0 radical (unpaired) electrons. The van der Waals surface area contributed by atoms with Crippen LogP contribution in [0, 0.1) is 6.92 Å². The lowest BCUT2D eigenvalue weighted by Crippen LogP contribution is -2.36. The molecule has 0 saturated heterocycles. The van der Waals surface area contributed by atoms with Gasteiger partial charge in [-0.15, -0.1) is 11.3 Å². The summed E-state index contributed by atoms with van der Waals surface area (Å²) in [5, 5.41) is 2.38. The van der Waals surface area contributed by atoms with Gasteiger partial charge in [0.05, 0.1) is 11.3 Å². The van der Waals surface area contributed by atoms with Gasteiger partial charge in [0.1, 0.15) is 5.15 Å². The number of halogens is 1. The van der Waals surface area contributed by atoms with Crippen LogP contribution in [0.5, 0.6) is 0 Å². The van der Waals surface area contributed by atoms with Crippen molar-refractivity contribution in [3.8, 4) is 5.13 Å². The van der Waals surface area contributed by atoms with Gasteiger partial charge in [0.2, 0.25) is 5.13 Å². The summed E-state index contributed by atoms with van der Waals surface area (Å²) < 4.78 is 1.09. The predicted octanol–water partition coefficient (Wildman–Crippen LogP) is 2.60. The van der Waals surface area contributed by atoms with Crippen molar-refractivity contribution in [1.29, 1.82) is 0 Å². The number of aromatic amines is 1. The van der Waals surface area contributed by atoms with Crippen LogP contribution >= 0.6 is 22.9 Å². The van der Waals surface area contributed by atoms with Crippen molar-refractivity contribution in [2.24, 2.45) is 0 Å². The SMILES string of the molecule is Cc1csc(-n2c(=O)[nH]c(Cl)c(C3CCCC3)c2=O)n1. The van der Waals surface area contributed by atoms with Gasteiger partial charge in [-0.2, -0.15) is 0 Å². The van der Waals surface area contributed by atoms with Crippen LogP contribution in [0.3, 0.4) is 0 Å². The number of aromatic nitrogens is 3. The predicted molar refractivity (Wildman–Crippen MR) is 79.3 cm³/mol. The van der Waals surface area contributed by atoms with E-state index in [-0.39, 0.29) is 16.6 Å². The molecule has 5 nitrogen and oxygen atoms in total.